The molecule has 3 rings (SSSR count). The lowest BCUT2D eigenvalue weighted by Crippen LogP contribution is -2.49. The number of benzene rings is 1. The highest BCUT2D eigenvalue weighted by atomic mass is 35.5. The van der Waals surface area contributed by atoms with E-state index in [0.717, 1.165) is 25.9 Å². The lowest BCUT2D eigenvalue weighted by atomic mass is 10.1. The zero-order valence-corrected chi connectivity index (χ0v) is 17.0. The third kappa shape index (κ3) is 5.16. The van der Waals surface area contributed by atoms with Crippen LogP contribution in [0.1, 0.15) is 30.1 Å². The molecule has 28 heavy (non-hydrogen) atoms. The molecule has 0 radical (unpaired) electrons. The van der Waals surface area contributed by atoms with Crippen molar-refractivity contribution in [2.24, 2.45) is 0 Å². The maximum absolute atomic E-state index is 13.1. The number of hydrogen-bond donors (Lipinski definition) is 1. The number of nitrogens with zero attached hydrogens (tertiary/aromatic N) is 3. The van der Waals surface area contributed by atoms with Crippen LogP contribution in [-0.2, 0) is 4.79 Å². The van der Waals surface area contributed by atoms with Gasteiger partial charge in [-0.3, -0.25) is 14.5 Å². The van der Waals surface area contributed by atoms with Gasteiger partial charge in [0.15, 0.2) is 0 Å². The zero-order chi connectivity index (χ0) is 20.1. The fraction of sp³-hybridized carbons (Fsp3) is 0.600. The van der Waals surface area contributed by atoms with Gasteiger partial charge in [-0.05, 0) is 18.2 Å². The van der Waals surface area contributed by atoms with Crippen molar-refractivity contribution < 1.29 is 19.4 Å². The smallest absolute Gasteiger partial charge is 0.257 e. The molecule has 2 saturated heterocycles. The van der Waals surface area contributed by atoms with E-state index in [1.807, 2.05) is 9.80 Å². The highest BCUT2D eigenvalue weighted by Crippen LogP contribution is 2.28. The van der Waals surface area contributed by atoms with Gasteiger partial charge in [0.05, 0.1) is 12.2 Å². The van der Waals surface area contributed by atoms with E-state index < -0.39 is 0 Å². The van der Waals surface area contributed by atoms with E-state index in [0.29, 0.717) is 49.1 Å². The second-order valence-electron chi connectivity index (χ2n) is 7.32. The van der Waals surface area contributed by atoms with E-state index in [2.05, 4.69) is 4.90 Å². The Hall–Kier alpha value is -1.83. The number of carbonyl (C=O) groups excluding carboxylic acids is 2. The number of halogens is 1. The van der Waals surface area contributed by atoms with Gasteiger partial charge >= 0.3 is 0 Å². The molecule has 0 bridgehead atoms. The van der Waals surface area contributed by atoms with Gasteiger partial charge in [-0.15, -0.1) is 0 Å². The molecule has 2 aliphatic heterocycles. The molecule has 2 fully saturated rings. The van der Waals surface area contributed by atoms with Gasteiger partial charge in [-0.25, -0.2) is 0 Å². The molecule has 1 aromatic carbocycles. The SMILES string of the molecule is CC(=O)N1CCC(Oc2ccc(Cl)cc2C(=O)N2CCN(CCO)CC2)CC1. The lowest BCUT2D eigenvalue weighted by Gasteiger charge is -2.35. The topological polar surface area (TPSA) is 73.3 Å². The molecule has 154 valence electrons. The third-order valence-corrected chi connectivity index (χ3v) is 5.66. The molecule has 0 saturated carbocycles. The molecule has 8 heteroatoms. The Morgan fingerprint density at radius 1 is 1.11 bits per heavy atom. The van der Waals surface area contributed by atoms with Crippen LogP contribution < -0.4 is 4.74 Å². The summed E-state index contributed by atoms with van der Waals surface area (Å²) in [4.78, 5) is 30.3. The van der Waals surface area contributed by atoms with E-state index in [9.17, 15) is 9.59 Å². The summed E-state index contributed by atoms with van der Waals surface area (Å²) in [5.74, 6) is 0.553. The number of carbonyl (C=O) groups is 2. The first-order valence-electron chi connectivity index (χ1n) is 9.82. The number of ether oxygens (including phenoxy) is 1. The van der Waals surface area contributed by atoms with Crippen molar-refractivity contribution in [2.45, 2.75) is 25.9 Å². The van der Waals surface area contributed by atoms with E-state index in [1.165, 1.54) is 0 Å². The highest BCUT2D eigenvalue weighted by molar-refractivity contribution is 6.31. The number of aliphatic hydroxyl groups excluding tert-OH is 1. The molecular weight excluding hydrogens is 382 g/mol. The van der Waals surface area contributed by atoms with Crippen molar-refractivity contribution in [1.82, 2.24) is 14.7 Å². The first-order valence-corrected chi connectivity index (χ1v) is 10.2. The fourth-order valence-corrected chi connectivity index (χ4v) is 3.90. The van der Waals surface area contributed by atoms with E-state index in [-0.39, 0.29) is 24.5 Å². The number of aliphatic hydroxyl groups is 1. The van der Waals surface area contributed by atoms with Crippen molar-refractivity contribution in [3.63, 3.8) is 0 Å². The van der Waals surface area contributed by atoms with Gasteiger partial charge in [-0.1, -0.05) is 11.6 Å². The summed E-state index contributed by atoms with van der Waals surface area (Å²) < 4.78 is 6.15. The van der Waals surface area contributed by atoms with Gasteiger partial charge in [-0.2, -0.15) is 0 Å². The molecule has 0 unspecified atom stereocenters. The van der Waals surface area contributed by atoms with Crippen LogP contribution in [0.5, 0.6) is 5.75 Å². The number of amides is 2. The van der Waals surface area contributed by atoms with Gasteiger partial charge in [0.1, 0.15) is 11.9 Å². The molecule has 0 aliphatic carbocycles. The molecule has 2 aliphatic rings. The van der Waals surface area contributed by atoms with Crippen LogP contribution in [0.4, 0.5) is 0 Å². The first-order chi connectivity index (χ1) is 13.5. The normalized spacial score (nSPS) is 19.0. The van der Waals surface area contributed by atoms with Crippen molar-refractivity contribution in [2.75, 3.05) is 52.4 Å². The largest absolute Gasteiger partial charge is 0.489 e. The molecule has 0 atom stereocenters. The van der Waals surface area contributed by atoms with Crippen molar-refractivity contribution in [3.05, 3.63) is 28.8 Å². The number of piperidine rings is 1. The van der Waals surface area contributed by atoms with Crippen molar-refractivity contribution in [3.8, 4) is 5.75 Å². The Morgan fingerprint density at radius 2 is 1.79 bits per heavy atom. The Morgan fingerprint density at radius 3 is 2.39 bits per heavy atom. The van der Waals surface area contributed by atoms with Crippen LogP contribution in [0, 0.1) is 0 Å². The summed E-state index contributed by atoms with van der Waals surface area (Å²) in [6.45, 7) is 6.39. The lowest BCUT2D eigenvalue weighted by molar-refractivity contribution is -0.130. The van der Waals surface area contributed by atoms with E-state index in [1.54, 1.807) is 25.1 Å². The summed E-state index contributed by atoms with van der Waals surface area (Å²) in [7, 11) is 0. The Labute approximate surface area is 170 Å². The molecule has 0 aromatic heterocycles. The van der Waals surface area contributed by atoms with Crippen LogP contribution in [0.15, 0.2) is 18.2 Å². The molecule has 2 amide bonds. The average Bonchev–Trinajstić information content (AvgIpc) is 2.70. The fourth-order valence-electron chi connectivity index (χ4n) is 3.73. The van der Waals surface area contributed by atoms with Crippen LogP contribution in [0.25, 0.3) is 0 Å². The number of piperazine rings is 1. The van der Waals surface area contributed by atoms with Crippen LogP contribution in [-0.4, -0.2) is 90.1 Å². The third-order valence-electron chi connectivity index (χ3n) is 5.43. The van der Waals surface area contributed by atoms with E-state index in [4.69, 9.17) is 21.4 Å². The van der Waals surface area contributed by atoms with Gasteiger partial charge in [0.2, 0.25) is 5.91 Å². The summed E-state index contributed by atoms with van der Waals surface area (Å²) >= 11 is 6.15. The number of likely N-dealkylation sites (tertiary alicyclic amines) is 1. The second kappa shape index (κ2) is 9.58. The number of hydrogen-bond acceptors (Lipinski definition) is 5. The maximum Gasteiger partial charge on any atom is 0.257 e. The maximum atomic E-state index is 13.1. The molecule has 7 nitrogen and oxygen atoms in total. The van der Waals surface area contributed by atoms with Crippen LogP contribution in [0.3, 0.4) is 0 Å². The van der Waals surface area contributed by atoms with Gasteiger partial charge in [0, 0.05) is 70.6 Å². The van der Waals surface area contributed by atoms with Crippen LogP contribution in [0.2, 0.25) is 5.02 Å². The van der Waals surface area contributed by atoms with Gasteiger partial charge < -0.3 is 19.6 Å². The molecular formula is C20H28ClN3O4. The Kier molecular flexibility index (Phi) is 7.15. The predicted octanol–water partition coefficient (Wildman–Crippen LogP) is 1.48. The average molecular weight is 410 g/mol. The standard InChI is InChI=1S/C20H28ClN3O4/c1-15(26)23-6-4-17(5-7-23)28-19-3-2-16(21)14-18(19)20(27)24-10-8-22(9-11-24)12-13-25/h2-3,14,17,25H,4-13H2,1H3. The van der Waals surface area contributed by atoms with Gasteiger partial charge in [0.25, 0.3) is 5.91 Å². The summed E-state index contributed by atoms with van der Waals surface area (Å²) in [6.07, 6.45) is 1.47. The minimum atomic E-state index is -0.0812. The number of β-amino-alcohol motifs (C(OH)–C–C–N with tert-alkyl or cyclic N) is 1. The molecule has 2 heterocycles. The Balaban J connectivity index is 1.66. The summed E-state index contributed by atoms with van der Waals surface area (Å²) in [6, 6.07) is 5.16. The minimum Gasteiger partial charge on any atom is -0.489 e. The Bertz CT molecular complexity index is 699. The number of rotatable bonds is 5. The predicted molar refractivity (Wildman–Crippen MR) is 107 cm³/mol. The molecule has 1 aromatic rings. The second-order valence-corrected chi connectivity index (χ2v) is 7.76. The molecule has 1 N–H and O–H groups in total. The minimum absolute atomic E-state index is 0.0234. The van der Waals surface area contributed by atoms with Crippen molar-refractivity contribution in [1.29, 1.82) is 0 Å². The summed E-state index contributed by atoms with van der Waals surface area (Å²) in [5, 5.41) is 9.57. The quantitative estimate of drug-likeness (QED) is 0.797. The summed E-state index contributed by atoms with van der Waals surface area (Å²) in [5.41, 5.74) is 0.483. The van der Waals surface area contributed by atoms with Crippen LogP contribution >= 0.6 is 11.6 Å². The monoisotopic (exact) mass is 409 g/mol. The van der Waals surface area contributed by atoms with Crippen molar-refractivity contribution >= 4 is 23.4 Å². The molecule has 0 spiro atoms. The highest BCUT2D eigenvalue weighted by Gasteiger charge is 2.27. The first kappa shape index (κ1) is 20.9. The zero-order valence-electron chi connectivity index (χ0n) is 16.3. The van der Waals surface area contributed by atoms with E-state index >= 15 is 0 Å².